The molecule has 2 aliphatic rings. The molecule has 0 saturated heterocycles. The van der Waals surface area contributed by atoms with E-state index in [-0.39, 0.29) is 12.3 Å². The van der Waals surface area contributed by atoms with Gasteiger partial charge in [0.25, 0.3) is 11.5 Å². The first kappa shape index (κ1) is 26.6. The quantitative estimate of drug-likeness (QED) is 0.240. The van der Waals surface area contributed by atoms with E-state index in [0.29, 0.717) is 44.9 Å². The van der Waals surface area contributed by atoms with Crippen LogP contribution in [0.3, 0.4) is 0 Å². The number of aromatic nitrogens is 2. The van der Waals surface area contributed by atoms with Crippen molar-refractivity contribution < 1.29 is 9.59 Å². The van der Waals surface area contributed by atoms with Crippen molar-refractivity contribution in [2.45, 2.75) is 19.0 Å². The summed E-state index contributed by atoms with van der Waals surface area (Å²) < 4.78 is 1.31. The number of hydrazine groups is 2. The Kier molecular flexibility index (Phi) is 7.19. The molecule has 3 aromatic carbocycles. The molecule has 10 nitrogen and oxygen atoms in total. The Balaban J connectivity index is 1.35. The zero-order valence-corrected chi connectivity index (χ0v) is 22.9. The molecule has 0 radical (unpaired) electrons. The van der Waals surface area contributed by atoms with Crippen LogP contribution >= 0.6 is 23.2 Å². The molecule has 41 heavy (non-hydrogen) atoms. The highest BCUT2D eigenvalue weighted by molar-refractivity contribution is 6.31. The van der Waals surface area contributed by atoms with Gasteiger partial charge in [-0.25, -0.2) is 4.98 Å². The molecule has 1 aromatic heterocycles. The number of hydrogen-bond donors (Lipinski definition) is 4. The van der Waals surface area contributed by atoms with Crippen LogP contribution in [0.5, 0.6) is 0 Å². The van der Waals surface area contributed by atoms with Crippen LogP contribution in [0.25, 0.3) is 11.3 Å². The minimum absolute atomic E-state index is 0.189. The average Bonchev–Trinajstić information content (AvgIpc) is 3.57. The molecule has 12 heteroatoms. The predicted molar refractivity (Wildman–Crippen MR) is 157 cm³/mol. The summed E-state index contributed by atoms with van der Waals surface area (Å²) in [4.78, 5) is 43.9. The van der Waals surface area contributed by atoms with Gasteiger partial charge >= 0.3 is 0 Å². The van der Waals surface area contributed by atoms with Gasteiger partial charge in [0.15, 0.2) is 0 Å². The first-order chi connectivity index (χ1) is 19.9. The number of carbonyl (C=O) groups excluding carboxylic acids is 2. The molecule has 0 unspecified atom stereocenters. The third-order valence-corrected chi connectivity index (χ3v) is 7.27. The van der Waals surface area contributed by atoms with Crippen molar-refractivity contribution in [3.05, 3.63) is 123 Å². The fraction of sp³-hybridized carbons (Fsp3) is 0.103. The van der Waals surface area contributed by atoms with Gasteiger partial charge in [-0.1, -0.05) is 59.6 Å². The van der Waals surface area contributed by atoms with E-state index in [1.54, 1.807) is 47.6 Å². The number of nitrogens with one attached hydrogen (secondary N) is 4. The van der Waals surface area contributed by atoms with Gasteiger partial charge < -0.3 is 10.6 Å². The second kappa shape index (κ2) is 11.1. The van der Waals surface area contributed by atoms with E-state index in [1.807, 2.05) is 30.3 Å². The fourth-order valence-corrected chi connectivity index (χ4v) is 5.12. The highest BCUT2D eigenvalue weighted by Crippen LogP contribution is 2.32. The van der Waals surface area contributed by atoms with Crippen molar-refractivity contribution in [3.8, 4) is 11.3 Å². The molecular formula is C29H23Cl2N7O3. The summed E-state index contributed by atoms with van der Waals surface area (Å²) in [5.41, 5.74) is 9.58. The monoisotopic (exact) mass is 587 g/mol. The summed E-state index contributed by atoms with van der Waals surface area (Å²) in [6, 6.07) is 20.2. The number of nitrogens with zero attached hydrogens (tertiary/aromatic N) is 3. The number of hydrogen-bond acceptors (Lipinski definition) is 7. The van der Waals surface area contributed by atoms with Crippen LogP contribution in [-0.2, 0) is 17.8 Å². The summed E-state index contributed by atoms with van der Waals surface area (Å²) in [6.07, 6.45) is 3.25. The smallest absolute Gasteiger partial charge is 0.254 e. The molecule has 206 valence electrons. The molecule has 3 heterocycles. The largest absolute Gasteiger partial charge is 0.348 e. The van der Waals surface area contributed by atoms with Crippen molar-refractivity contribution in [1.29, 1.82) is 0 Å². The van der Waals surface area contributed by atoms with Crippen LogP contribution in [0.1, 0.15) is 27.5 Å². The van der Waals surface area contributed by atoms with Gasteiger partial charge in [-0.2, -0.15) is 0 Å². The number of rotatable bonds is 7. The molecule has 0 spiro atoms. The van der Waals surface area contributed by atoms with Crippen LogP contribution in [0.2, 0.25) is 5.02 Å². The lowest BCUT2D eigenvalue weighted by molar-refractivity contribution is -0.119. The minimum atomic E-state index is -0.918. The number of anilines is 2. The first-order valence-electron chi connectivity index (χ1n) is 12.7. The predicted octanol–water partition coefficient (Wildman–Crippen LogP) is 4.10. The molecule has 1 atom stereocenters. The van der Waals surface area contributed by atoms with E-state index in [2.05, 4.69) is 26.6 Å². The van der Waals surface area contributed by atoms with Crippen LogP contribution in [0, 0.1) is 0 Å². The van der Waals surface area contributed by atoms with Gasteiger partial charge in [0.2, 0.25) is 5.91 Å². The number of benzene rings is 3. The van der Waals surface area contributed by atoms with E-state index in [9.17, 15) is 14.4 Å². The summed E-state index contributed by atoms with van der Waals surface area (Å²) in [6.45, 7) is 0.453. The second-order valence-electron chi connectivity index (χ2n) is 9.51. The maximum atomic E-state index is 13.7. The Morgan fingerprint density at radius 2 is 1.83 bits per heavy atom. The van der Waals surface area contributed by atoms with Gasteiger partial charge in [-0.05, 0) is 41.5 Å². The maximum absolute atomic E-state index is 13.7. The van der Waals surface area contributed by atoms with Crippen LogP contribution in [0.15, 0.2) is 95.3 Å². The molecule has 4 N–H and O–H groups in total. The number of halogens is 2. The number of carbonyl (C=O) groups is 2. The van der Waals surface area contributed by atoms with Crippen LogP contribution in [0.4, 0.5) is 11.4 Å². The first-order valence-corrected chi connectivity index (χ1v) is 13.4. The molecule has 2 amide bonds. The SMILES string of the molecule is O=C1NCc2ccc(NC(=O)[C@H](Cc3ccccc3)n3cnc(-c4cc(Cl)ccc4N4C=C(Cl)NN4)cc3=O)cc21. The Hall–Kier alpha value is -4.64. The zero-order chi connectivity index (χ0) is 28.5. The van der Waals surface area contributed by atoms with Crippen molar-refractivity contribution in [3.63, 3.8) is 0 Å². The Bertz CT molecular complexity index is 1760. The van der Waals surface area contributed by atoms with E-state index in [0.717, 1.165) is 11.1 Å². The Morgan fingerprint density at radius 3 is 2.59 bits per heavy atom. The van der Waals surface area contributed by atoms with Gasteiger partial charge in [0.05, 0.1) is 23.9 Å². The van der Waals surface area contributed by atoms with Gasteiger partial charge in [-0.15, -0.1) is 5.53 Å². The molecule has 4 aromatic rings. The molecule has 0 aliphatic carbocycles. The van der Waals surface area contributed by atoms with Gasteiger partial charge in [-0.3, -0.25) is 29.4 Å². The molecule has 0 saturated carbocycles. The topological polar surface area (TPSA) is 120 Å². The maximum Gasteiger partial charge on any atom is 0.254 e. The lowest BCUT2D eigenvalue weighted by Gasteiger charge is -2.21. The Labute approximate surface area is 244 Å². The summed E-state index contributed by atoms with van der Waals surface area (Å²) in [5.74, 6) is -0.606. The molecular weight excluding hydrogens is 565 g/mol. The van der Waals surface area contributed by atoms with E-state index in [4.69, 9.17) is 23.2 Å². The summed E-state index contributed by atoms with van der Waals surface area (Å²) in [5, 5.41) is 8.13. The molecule has 6 rings (SSSR count). The Morgan fingerprint density at radius 1 is 1.00 bits per heavy atom. The average molecular weight is 588 g/mol. The third kappa shape index (κ3) is 5.53. The van der Waals surface area contributed by atoms with Crippen LogP contribution < -0.4 is 32.2 Å². The number of fused-ring (bicyclic) bond motifs is 1. The van der Waals surface area contributed by atoms with Crippen molar-refractivity contribution in [2.75, 3.05) is 10.3 Å². The standard InChI is InChI=1S/C29H23Cl2N7O3/c30-19-7-9-24(38-15-26(31)35-36-38)22(11-19)23-13-27(39)37(16-33-23)25(10-17-4-2-1-3-5-17)29(41)34-20-8-6-18-14-32-28(40)21(18)12-20/h1-9,11-13,15-16,25,35-36H,10,14H2,(H,32,40)(H,34,41)/t25-/m0/s1. The van der Waals surface area contributed by atoms with E-state index >= 15 is 0 Å². The lowest BCUT2D eigenvalue weighted by atomic mass is 10.0. The summed E-state index contributed by atoms with van der Waals surface area (Å²) in [7, 11) is 0. The highest BCUT2D eigenvalue weighted by atomic mass is 35.5. The minimum Gasteiger partial charge on any atom is -0.348 e. The van der Waals surface area contributed by atoms with Crippen molar-refractivity contribution in [2.24, 2.45) is 0 Å². The second-order valence-corrected chi connectivity index (χ2v) is 10.4. The highest BCUT2D eigenvalue weighted by Gasteiger charge is 2.25. The van der Waals surface area contributed by atoms with Gasteiger partial charge in [0, 0.05) is 40.9 Å². The number of amides is 2. The lowest BCUT2D eigenvalue weighted by Crippen LogP contribution is -2.36. The summed E-state index contributed by atoms with van der Waals surface area (Å²) >= 11 is 12.3. The van der Waals surface area contributed by atoms with Crippen molar-refractivity contribution >= 4 is 46.4 Å². The third-order valence-electron chi connectivity index (χ3n) is 6.84. The van der Waals surface area contributed by atoms with Crippen molar-refractivity contribution in [1.82, 2.24) is 25.8 Å². The van der Waals surface area contributed by atoms with E-state index in [1.165, 1.54) is 17.0 Å². The molecule has 2 aliphatic heterocycles. The van der Waals surface area contributed by atoms with Gasteiger partial charge in [0.1, 0.15) is 11.2 Å². The van der Waals surface area contributed by atoms with E-state index < -0.39 is 17.5 Å². The normalized spacial score (nSPS) is 14.6. The molecule has 0 fully saturated rings. The fourth-order valence-electron chi connectivity index (χ4n) is 4.81. The molecule has 0 bridgehead atoms. The zero-order valence-electron chi connectivity index (χ0n) is 21.4. The van der Waals surface area contributed by atoms with Crippen LogP contribution in [-0.4, -0.2) is 21.4 Å².